The molecule has 52 heavy (non-hydrogen) atoms. The van der Waals surface area contributed by atoms with E-state index in [1.54, 1.807) is 12.1 Å². The van der Waals surface area contributed by atoms with Crippen molar-refractivity contribution in [2.45, 2.75) is 58.3 Å². The number of rotatable bonds is 11. The van der Waals surface area contributed by atoms with Crippen LogP contribution in [-0.4, -0.2) is 40.5 Å². The number of benzene rings is 3. The molecule has 268 valence electrons. The smallest absolute Gasteiger partial charge is 0.340 e. The van der Waals surface area contributed by atoms with Gasteiger partial charge >= 0.3 is 11.9 Å². The maximum atomic E-state index is 14.6. The van der Waals surface area contributed by atoms with Gasteiger partial charge in [-0.25, -0.2) is 9.59 Å². The van der Waals surface area contributed by atoms with Crippen LogP contribution in [0.5, 0.6) is 5.75 Å². The van der Waals surface area contributed by atoms with Crippen molar-refractivity contribution in [3.8, 4) is 16.9 Å². The van der Waals surface area contributed by atoms with Gasteiger partial charge in [-0.2, -0.15) is 0 Å². The minimum atomic E-state index is -0.866. The number of hydrogen-bond acceptors (Lipinski definition) is 7. The van der Waals surface area contributed by atoms with E-state index < -0.39 is 5.41 Å². The van der Waals surface area contributed by atoms with Gasteiger partial charge in [0.1, 0.15) is 17.3 Å². The number of aromatic hydroxyl groups is 1. The van der Waals surface area contributed by atoms with Crippen molar-refractivity contribution in [2.24, 2.45) is 35.0 Å². The molecule has 4 aliphatic carbocycles. The first-order valence-corrected chi connectivity index (χ1v) is 18.9. The van der Waals surface area contributed by atoms with Crippen LogP contribution in [0.15, 0.2) is 119 Å². The van der Waals surface area contributed by atoms with E-state index in [1.165, 1.54) is 5.56 Å². The number of carbonyl (C=O) groups is 2. The van der Waals surface area contributed by atoms with Crippen LogP contribution in [-0.2, 0) is 25.5 Å². The van der Waals surface area contributed by atoms with Crippen molar-refractivity contribution in [1.82, 2.24) is 0 Å². The minimum absolute atomic E-state index is 0.0232. The summed E-state index contributed by atoms with van der Waals surface area (Å²) >= 11 is 0. The predicted molar refractivity (Wildman–Crippen MR) is 198 cm³/mol. The van der Waals surface area contributed by atoms with Crippen molar-refractivity contribution >= 4 is 17.5 Å². The molecule has 2 fully saturated rings. The Morgan fingerprint density at radius 3 is 2.40 bits per heavy atom. The molecule has 0 amide bonds. The molecule has 1 saturated heterocycles. The van der Waals surface area contributed by atoms with E-state index in [1.807, 2.05) is 48.5 Å². The molecule has 1 spiro atoms. The van der Waals surface area contributed by atoms with Crippen LogP contribution in [0, 0.1) is 35.0 Å². The lowest BCUT2D eigenvalue weighted by Crippen LogP contribution is -2.52. The van der Waals surface area contributed by atoms with E-state index >= 15 is 0 Å². The third-order valence-corrected chi connectivity index (χ3v) is 12.4. The lowest BCUT2D eigenvalue weighted by Gasteiger charge is -2.56. The van der Waals surface area contributed by atoms with Gasteiger partial charge in [0, 0.05) is 30.3 Å². The summed E-state index contributed by atoms with van der Waals surface area (Å²) in [6, 6.07) is 25.9. The average Bonchev–Trinajstić information content (AvgIpc) is 3.66. The van der Waals surface area contributed by atoms with Crippen molar-refractivity contribution in [3.05, 3.63) is 130 Å². The number of phenols is 1. The van der Waals surface area contributed by atoms with E-state index in [4.69, 9.17) is 9.47 Å². The number of aliphatic hydroxyl groups is 2. The SMILES string of the molecule is CCC(C=C1OC(=O)C2=C(c3cc(O)ccc3-c3ccccc3)C3CCC12C1C2=C(CCC31)C(=CCC(CO)CCO)OC2=O)Cc1ccccc1. The highest BCUT2D eigenvalue weighted by Gasteiger charge is 2.68. The lowest BCUT2D eigenvalue weighted by molar-refractivity contribution is -0.135. The Balaban J connectivity index is 1.33. The largest absolute Gasteiger partial charge is 0.508 e. The van der Waals surface area contributed by atoms with Crippen LogP contribution in [0.25, 0.3) is 16.7 Å². The summed E-state index contributed by atoms with van der Waals surface area (Å²) in [6.07, 6.45) is 9.63. The molecule has 6 aliphatic rings. The van der Waals surface area contributed by atoms with Gasteiger partial charge in [-0.05, 0) is 127 Å². The highest BCUT2D eigenvalue weighted by atomic mass is 16.5. The van der Waals surface area contributed by atoms with Gasteiger partial charge in [0.15, 0.2) is 0 Å². The maximum Gasteiger partial charge on any atom is 0.340 e. The molecule has 6 unspecified atom stereocenters. The van der Waals surface area contributed by atoms with Gasteiger partial charge < -0.3 is 24.8 Å². The Bertz CT molecular complexity index is 2010. The Morgan fingerprint density at radius 1 is 0.904 bits per heavy atom. The summed E-state index contributed by atoms with van der Waals surface area (Å²) in [7, 11) is 0. The van der Waals surface area contributed by atoms with E-state index in [2.05, 4.69) is 37.3 Å². The maximum absolute atomic E-state index is 14.6. The number of cyclic esters (lactones) is 2. The first kappa shape index (κ1) is 34.4. The van der Waals surface area contributed by atoms with Gasteiger partial charge in [-0.1, -0.05) is 73.7 Å². The first-order valence-electron chi connectivity index (χ1n) is 18.9. The quantitative estimate of drug-likeness (QED) is 0.174. The zero-order valence-electron chi connectivity index (χ0n) is 29.6. The second-order valence-corrected chi connectivity index (χ2v) is 15.1. The molecule has 2 heterocycles. The Labute approximate surface area is 305 Å². The summed E-state index contributed by atoms with van der Waals surface area (Å²) in [5.74, 6) is 0.284. The molecule has 7 heteroatoms. The topological polar surface area (TPSA) is 113 Å². The van der Waals surface area contributed by atoms with Crippen LogP contribution in [0.3, 0.4) is 0 Å². The minimum Gasteiger partial charge on any atom is -0.508 e. The van der Waals surface area contributed by atoms with Crippen LogP contribution >= 0.6 is 0 Å². The summed E-state index contributed by atoms with van der Waals surface area (Å²) in [4.78, 5) is 28.7. The molecule has 6 atom stereocenters. The highest BCUT2D eigenvalue weighted by molar-refractivity contribution is 6.07. The summed E-state index contributed by atoms with van der Waals surface area (Å²) < 4.78 is 12.5. The number of phenolic OH excluding ortho intramolecular Hbond substituents is 1. The summed E-state index contributed by atoms with van der Waals surface area (Å²) in [5, 5.41) is 30.3. The molecule has 9 rings (SSSR count). The predicted octanol–water partition coefficient (Wildman–Crippen LogP) is 8.08. The molecule has 2 bridgehead atoms. The highest BCUT2D eigenvalue weighted by Crippen LogP contribution is 2.72. The number of hydrogen-bond donors (Lipinski definition) is 3. The zero-order valence-corrected chi connectivity index (χ0v) is 29.6. The van der Waals surface area contributed by atoms with E-state index in [0.29, 0.717) is 48.3 Å². The van der Waals surface area contributed by atoms with Crippen molar-refractivity contribution in [3.63, 3.8) is 0 Å². The first-order chi connectivity index (χ1) is 25.4. The molecule has 3 N–H and O–H groups in total. The number of aliphatic hydroxyl groups excluding tert-OH is 2. The Kier molecular flexibility index (Phi) is 9.26. The number of fused-ring (bicyclic) bond motifs is 1. The van der Waals surface area contributed by atoms with E-state index in [-0.39, 0.29) is 60.5 Å². The van der Waals surface area contributed by atoms with Crippen molar-refractivity contribution in [1.29, 1.82) is 0 Å². The molecule has 1 saturated carbocycles. The molecule has 0 aromatic heterocycles. The molecular formula is C45H46O7. The molecule has 7 nitrogen and oxygen atoms in total. The van der Waals surface area contributed by atoms with E-state index in [0.717, 1.165) is 53.5 Å². The third kappa shape index (κ3) is 5.66. The van der Waals surface area contributed by atoms with Gasteiger partial charge in [0.05, 0.1) is 11.0 Å². The third-order valence-electron chi connectivity index (χ3n) is 12.4. The zero-order chi connectivity index (χ0) is 36.0. The number of esters is 2. The monoisotopic (exact) mass is 698 g/mol. The van der Waals surface area contributed by atoms with Crippen LogP contribution in [0.2, 0.25) is 0 Å². The summed E-state index contributed by atoms with van der Waals surface area (Å²) in [6.45, 7) is 2.07. The fourth-order valence-corrected chi connectivity index (χ4v) is 10.0. The van der Waals surface area contributed by atoms with Crippen LogP contribution in [0.4, 0.5) is 0 Å². The van der Waals surface area contributed by atoms with Crippen molar-refractivity contribution in [2.75, 3.05) is 13.2 Å². The molecule has 3 aromatic rings. The summed E-state index contributed by atoms with van der Waals surface area (Å²) in [5.41, 5.74) is 6.25. The molecular weight excluding hydrogens is 652 g/mol. The van der Waals surface area contributed by atoms with Gasteiger partial charge in [0.2, 0.25) is 0 Å². The number of carbonyl (C=O) groups excluding carboxylic acids is 2. The van der Waals surface area contributed by atoms with E-state index in [9.17, 15) is 24.9 Å². The molecule has 2 aliphatic heterocycles. The second kappa shape index (κ2) is 14.0. The number of ether oxygens (including phenoxy) is 2. The Hall–Kier alpha value is -4.72. The lowest BCUT2D eigenvalue weighted by atomic mass is 9.44. The van der Waals surface area contributed by atoms with Gasteiger partial charge in [-0.3, -0.25) is 0 Å². The number of allylic oxidation sites excluding steroid dienone is 5. The fourth-order valence-electron chi connectivity index (χ4n) is 10.0. The van der Waals surface area contributed by atoms with Gasteiger partial charge in [0.25, 0.3) is 0 Å². The standard InChI is InChI=1S/C45H46O7/c1-2-27(23-28-9-5-3-6-10-28)24-38-45-21-19-33(34-16-17-35-37(18-13-29(26-47)20-22-46)51-43(49)40(35)41(34)45)39(42(45)44(50)52-38)36-25-31(48)14-15-32(36)30-11-7-4-8-12-30/h3-12,14-15,18,24-25,27,29,33-34,41,46-48H,2,13,16-17,19-23,26H2,1H3. The average molecular weight is 699 g/mol. The van der Waals surface area contributed by atoms with Gasteiger partial charge in [-0.15, -0.1) is 0 Å². The second-order valence-electron chi connectivity index (χ2n) is 15.1. The molecule has 0 radical (unpaired) electrons. The van der Waals surface area contributed by atoms with Crippen LogP contribution < -0.4 is 0 Å². The van der Waals surface area contributed by atoms with Crippen LogP contribution in [0.1, 0.15) is 63.0 Å². The Morgan fingerprint density at radius 2 is 1.67 bits per heavy atom. The fraction of sp³-hybridized carbons (Fsp3) is 0.378. The normalized spacial score (nSPS) is 27.4. The molecule has 3 aromatic carbocycles. The van der Waals surface area contributed by atoms with Crippen molar-refractivity contribution < 1.29 is 34.4 Å².